The second kappa shape index (κ2) is 7.67. The first kappa shape index (κ1) is 18.6. The number of benzene rings is 1. The van der Waals surface area contributed by atoms with Crippen molar-refractivity contribution >= 4 is 40.7 Å². The van der Waals surface area contributed by atoms with Crippen molar-refractivity contribution in [2.45, 2.75) is 38.1 Å². The highest BCUT2D eigenvalue weighted by Gasteiger charge is 2.43. The van der Waals surface area contributed by atoms with Crippen molar-refractivity contribution in [3.63, 3.8) is 0 Å². The molecule has 0 spiro atoms. The molecular weight excluding hydrogens is 380 g/mol. The van der Waals surface area contributed by atoms with Gasteiger partial charge in [0.05, 0.1) is 17.4 Å². The van der Waals surface area contributed by atoms with Crippen molar-refractivity contribution in [2.24, 2.45) is 5.92 Å². The number of hydrogen-bond acceptors (Lipinski definition) is 5. The summed E-state index contributed by atoms with van der Waals surface area (Å²) in [7, 11) is 0. The number of anilines is 2. The number of nitrogens with zero attached hydrogens (tertiary/aromatic N) is 3. The normalized spacial score (nSPS) is 17.7. The van der Waals surface area contributed by atoms with E-state index in [2.05, 4.69) is 15.3 Å². The van der Waals surface area contributed by atoms with E-state index in [0.717, 1.165) is 25.7 Å². The molecule has 28 heavy (non-hydrogen) atoms. The predicted octanol–water partition coefficient (Wildman–Crippen LogP) is 3.25. The Balaban J connectivity index is 1.69. The van der Waals surface area contributed by atoms with Gasteiger partial charge in [-0.25, -0.2) is 4.98 Å². The molecule has 1 aromatic carbocycles. The lowest BCUT2D eigenvalue weighted by atomic mass is 9.96. The molecule has 1 unspecified atom stereocenters. The van der Waals surface area contributed by atoms with Crippen molar-refractivity contribution in [1.82, 2.24) is 9.97 Å². The summed E-state index contributed by atoms with van der Waals surface area (Å²) in [5.41, 5.74) is 0.665. The number of amides is 2. The zero-order valence-electron chi connectivity index (χ0n) is 15.1. The fourth-order valence-electron chi connectivity index (χ4n) is 4.00. The van der Waals surface area contributed by atoms with Gasteiger partial charge in [-0.15, -0.1) is 0 Å². The molecule has 2 amide bonds. The summed E-state index contributed by atoms with van der Waals surface area (Å²) >= 11 is 6.10. The lowest BCUT2D eigenvalue weighted by Gasteiger charge is -2.29. The van der Waals surface area contributed by atoms with Crippen LogP contribution in [0.25, 0.3) is 0 Å². The molecule has 2 heterocycles. The van der Waals surface area contributed by atoms with E-state index < -0.39 is 17.7 Å². The SMILES string of the molecule is O=C1C(=O)N(C(CC2CCCC2)C(=O)Nc2cnccn2)c2cc(Cl)ccc21. The van der Waals surface area contributed by atoms with Crippen LogP contribution in [0, 0.1) is 5.92 Å². The number of nitrogens with one attached hydrogen (secondary N) is 1. The first-order valence-corrected chi connectivity index (χ1v) is 9.66. The highest BCUT2D eigenvalue weighted by molar-refractivity contribution is 6.53. The number of carbonyl (C=O) groups excluding carboxylic acids is 3. The molecule has 1 atom stereocenters. The van der Waals surface area contributed by atoms with Crippen molar-refractivity contribution in [3.05, 3.63) is 47.4 Å². The van der Waals surface area contributed by atoms with Crippen LogP contribution in [0.1, 0.15) is 42.5 Å². The Hall–Kier alpha value is -2.80. The highest BCUT2D eigenvalue weighted by Crippen LogP contribution is 2.37. The summed E-state index contributed by atoms with van der Waals surface area (Å²) in [6.45, 7) is 0. The van der Waals surface area contributed by atoms with Crippen molar-refractivity contribution in [2.75, 3.05) is 10.2 Å². The third-order valence-corrected chi connectivity index (χ3v) is 5.57. The molecule has 0 radical (unpaired) electrons. The maximum Gasteiger partial charge on any atom is 0.300 e. The van der Waals surface area contributed by atoms with Gasteiger partial charge in [-0.05, 0) is 30.5 Å². The van der Waals surface area contributed by atoms with Gasteiger partial charge in [0.25, 0.3) is 11.7 Å². The van der Waals surface area contributed by atoms with Gasteiger partial charge in [-0.1, -0.05) is 37.3 Å². The van der Waals surface area contributed by atoms with Crippen LogP contribution in [0.15, 0.2) is 36.8 Å². The second-order valence-corrected chi connectivity index (χ2v) is 7.58. The summed E-state index contributed by atoms with van der Waals surface area (Å²) in [4.78, 5) is 47.6. The number of carbonyl (C=O) groups is 3. The summed E-state index contributed by atoms with van der Waals surface area (Å²) < 4.78 is 0. The topological polar surface area (TPSA) is 92.3 Å². The van der Waals surface area contributed by atoms with Crippen LogP contribution in [-0.2, 0) is 9.59 Å². The Kier molecular flexibility index (Phi) is 5.09. The maximum absolute atomic E-state index is 13.1. The molecule has 1 fully saturated rings. The molecule has 7 nitrogen and oxygen atoms in total. The molecule has 8 heteroatoms. The molecule has 1 aromatic heterocycles. The van der Waals surface area contributed by atoms with Gasteiger partial charge in [0.2, 0.25) is 5.91 Å². The number of Topliss-reactive ketones (excluding diaryl/α,β-unsaturated/α-hetero) is 1. The molecule has 0 bridgehead atoms. The molecule has 2 aliphatic rings. The van der Waals surface area contributed by atoms with Crippen molar-refractivity contribution in [1.29, 1.82) is 0 Å². The molecule has 1 aliphatic carbocycles. The van der Waals surface area contributed by atoms with Crippen LogP contribution in [0.3, 0.4) is 0 Å². The van der Waals surface area contributed by atoms with Crippen LogP contribution in [0.2, 0.25) is 5.02 Å². The number of fused-ring (bicyclic) bond motifs is 1. The third-order valence-electron chi connectivity index (χ3n) is 5.34. The second-order valence-electron chi connectivity index (χ2n) is 7.15. The zero-order chi connectivity index (χ0) is 19.7. The van der Waals surface area contributed by atoms with Crippen LogP contribution in [-0.4, -0.2) is 33.6 Å². The predicted molar refractivity (Wildman–Crippen MR) is 104 cm³/mol. The fraction of sp³-hybridized carbons (Fsp3) is 0.350. The molecule has 2 aromatic rings. The first-order valence-electron chi connectivity index (χ1n) is 9.29. The van der Waals surface area contributed by atoms with Crippen LogP contribution in [0.5, 0.6) is 0 Å². The van der Waals surface area contributed by atoms with E-state index in [-0.39, 0.29) is 11.5 Å². The minimum atomic E-state index is -0.818. The van der Waals surface area contributed by atoms with Gasteiger partial charge >= 0.3 is 0 Å². The molecule has 4 rings (SSSR count). The van der Waals surface area contributed by atoms with Gasteiger partial charge in [-0.2, -0.15) is 0 Å². The van der Waals surface area contributed by atoms with Crippen LogP contribution in [0.4, 0.5) is 11.5 Å². The maximum atomic E-state index is 13.1. The van der Waals surface area contributed by atoms with Gasteiger partial charge in [-0.3, -0.25) is 24.3 Å². The zero-order valence-corrected chi connectivity index (χ0v) is 15.9. The Bertz CT molecular complexity index is 928. The molecule has 144 valence electrons. The van der Waals surface area contributed by atoms with E-state index in [1.807, 2.05) is 0 Å². The quantitative estimate of drug-likeness (QED) is 0.780. The highest BCUT2D eigenvalue weighted by atomic mass is 35.5. The van der Waals surface area contributed by atoms with Crippen molar-refractivity contribution < 1.29 is 14.4 Å². The molecular formula is C20H19ClN4O3. The standard InChI is InChI=1S/C20H19ClN4O3/c21-13-5-6-14-15(10-13)25(20(28)18(14)26)16(9-12-3-1-2-4-12)19(27)24-17-11-22-7-8-23-17/h5-8,10-12,16H,1-4,9H2,(H,23,24,27). The monoisotopic (exact) mass is 398 g/mol. The summed E-state index contributed by atoms with van der Waals surface area (Å²) in [6, 6.07) is 3.85. The summed E-state index contributed by atoms with van der Waals surface area (Å²) in [5.74, 6) is -1.08. The van der Waals surface area contributed by atoms with E-state index in [1.165, 1.54) is 29.6 Å². The van der Waals surface area contributed by atoms with Gasteiger partial charge in [0.1, 0.15) is 6.04 Å². The Morgan fingerprint density at radius 2 is 2.04 bits per heavy atom. The smallest absolute Gasteiger partial charge is 0.300 e. The summed E-state index contributed by atoms with van der Waals surface area (Å²) in [6.07, 6.45) is 9.13. The van der Waals surface area contributed by atoms with Crippen LogP contribution >= 0.6 is 11.6 Å². The lowest BCUT2D eigenvalue weighted by Crippen LogP contribution is -2.48. The third kappa shape index (κ3) is 3.49. The lowest BCUT2D eigenvalue weighted by molar-refractivity contribution is -0.121. The number of hydrogen-bond donors (Lipinski definition) is 1. The Morgan fingerprint density at radius 1 is 1.25 bits per heavy atom. The minimum absolute atomic E-state index is 0.276. The molecule has 0 saturated heterocycles. The molecule has 1 aliphatic heterocycles. The largest absolute Gasteiger partial charge is 0.308 e. The van der Waals surface area contributed by atoms with E-state index in [4.69, 9.17) is 11.6 Å². The van der Waals surface area contributed by atoms with Gasteiger partial charge < -0.3 is 5.32 Å². The van der Waals surface area contributed by atoms with Crippen molar-refractivity contribution in [3.8, 4) is 0 Å². The average Bonchev–Trinajstić information content (AvgIpc) is 3.28. The first-order chi connectivity index (χ1) is 13.5. The van der Waals surface area contributed by atoms with E-state index >= 15 is 0 Å². The fourth-order valence-corrected chi connectivity index (χ4v) is 4.17. The number of halogens is 1. The number of rotatable bonds is 5. The minimum Gasteiger partial charge on any atom is -0.308 e. The Labute approximate surface area is 167 Å². The summed E-state index contributed by atoms with van der Waals surface area (Å²) in [5, 5.41) is 3.13. The Morgan fingerprint density at radius 3 is 2.75 bits per heavy atom. The average molecular weight is 399 g/mol. The molecule has 1 saturated carbocycles. The van der Waals surface area contributed by atoms with Crippen LogP contribution < -0.4 is 10.2 Å². The van der Waals surface area contributed by atoms with Gasteiger partial charge in [0.15, 0.2) is 5.82 Å². The van der Waals surface area contributed by atoms with E-state index in [0.29, 0.717) is 28.9 Å². The van der Waals surface area contributed by atoms with E-state index in [1.54, 1.807) is 12.1 Å². The van der Waals surface area contributed by atoms with E-state index in [9.17, 15) is 14.4 Å². The van der Waals surface area contributed by atoms with Gasteiger partial charge in [0, 0.05) is 17.4 Å². The number of aromatic nitrogens is 2. The molecule has 1 N–H and O–H groups in total. The number of ketones is 1.